The van der Waals surface area contributed by atoms with Gasteiger partial charge in [-0.2, -0.15) is 0 Å². The van der Waals surface area contributed by atoms with Gasteiger partial charge in [0.1, 0.15) is 0 Å². The van der Waals surface area contributed by atoms with E-state index < -0.39 is 17.9 Å². The second-order valence-electron chi connectivity index (χ2n) is 7.57. The number of hydrogen-bond acceptors (Lipinski definition) is 4. The Labute approximate surface area is 160 Å². The zero-order valence-corrected chi connectivity index (χ0v) is 16.0. The molecule has 4 nitrogen and oxygen atoms in total. The Balaban J connectivity index is 1.32. The van der Waals surface area contributed by atoms with E-state index in [2.05, 4.69) is 6.92 Å². The lowest BCUT2D eigenvalue weighted by atomic mass is 10.0. The molecule has 0 aromatic heterocycles. The van der Waals surface area contributed by atoms with Gasteiger partial charge < -0.3 is 18.9 Å². The molecule has 2 heterocycles. The summed E-state index contributed by atoms with van der Waals surface area (Å²) in [5.41, 5.74) is 0.500. The minimum absolute atomic E-state index is 0.142. The molecule has 0 saturated carbocycles. The molecule has 3 rings (SSSR count). The van der Waals surface area contributed by atoms with Crippen molar-refractivity contribution in [3.8, 4) is 0 Å². The zero-order chi connectivity index (χ0) is 19.1. The van der Waals surface area contributed by atoms with Crippen LogP contribution in [0, 0.1) is 23.5 Å². The number of rotatable bonds is 8. The Kier molecular flexibility index (Phi) is 8.00. The molecule has 27 heavy (non-hydrogen) atoms. The summed E-state index contributed by atoms with van der Waals surface area (Å²) in [4.78, 5) is 0. The normalized spacial score (nSPS) is 29.0. The third-order valence-electron chi connectivity index (χ3n) is 5.24. The van der Waals surface area contributed by atoms with E-state index in [0.717, 1.165) is 38.2 Å². The minimum Gasteiger partial charge on any atom is -0.352 e. The van der Waals surface area contributed by atoms with Crippen molar-refractivity contribution in [2.75, 3.05) is 26.4 Å². The first kappa shape index (κ1) is 20.6. The largest absolute Gasteiger partial charge is 0.352 e. The van der Waals surface area contributed by atoms with Crippen LogP contribution in [0.2, 0.25) is 0 Å². The van der Waals surface area contributed by atoms with Gasteiger partial charge in [0.2, 0.25) is 0 Å². The smallest absolute Gasteiger partial charge is 0.183 e. The maximum atomic E-state index is 13.3. The molecule has 152 valence electrons. The van der Waals surface area contributed by atoms with Crippen LogP contribution >= 0.6 is 0 Å². The topological polar surface area (TPSA) is 36.9 Å². The maximum absolute atomic E-state index is 13.3. The fourth-order valence-corrected chi connectivity index (χ4v) is 3.53. The van der Waals surface area contributed by atoms with E-state index in [1.165, 1.54) is 31.7 Å². The highest BCUT2D eigenvalue weighted by Crippen LogP contribution is 2.29. The molecule has 2 aliphatic heterocycles. The van der Waals surface area contributed by atoms with E-state index in [-0.39, 0.29) is 12.2 Å². The van der Waals surface area contributed by atoms with E-state index >= 15 is 0 Å². The van der Waals surface area contributed by atoms with Crippen molar-refractivity contribution < 1.29 is 27.7 Å². The van der Waals surface area contributed by atoms with E-state index in [4.69, 9.17) is 18.9 Å². The zero-order valence-electron chi connectivity index (χ0n) is 16.0. The molecule has 1 aromatic carbocycles. The van der Waals surface area contributed by atoms with Gasteiger partial charge >= 0.3 is 0 Å². The Morgan fingerprint density at radius 2 is 1.48 bits per heavy atom. The van der Waals surface area contributed by atoms with Crippen LogP contribution in [0.15, 0.2) is 18.2 Å². The fourth-order valence-electron chi connectivity index (χ4n) is 3.53. The molecule has 0 amide bonds. The van der Waals surface area contributed by atoms with Gasteiger partial charge in [0.15, 0.2) is 24.2 Å². The minimum atomic E-state index is -0.888. The van der Waals surface area contributed by atoms with Crippen LogP contribution in [0.1, 0.15) is 57.3 Å². The molecule has 0 N–H and O–H groups in total. The number of hydrogen-bond donors (Lipinski definition) is 0. The highest BCUT2D eigenvalue weighted by atomic mass is 19.2. The summed E-state index contributed by atoms with van der Waals surface area (Å²) in [5, 5.41) is 0. The SMILES string of the molecule is CCCCCC1COC(CCC2COC(c3ccc(F)c(F)c3)OC2)OC1. The summed E-state index contributed by atoms with van der Waals surface area (Å²) in [6.07, 6.45) is 5.85. The second-order valence-corrected chi connectivity index (χ2v) is 7.57. The summed E-state index contributed by atoms with van der Waals surface area (Å²) < 4.78 is 49.4. The first-order valence-corrected chi connectivity index (χ1v) is 10.1. The fraction of sp³-hybridized carbons (Fsp3) is 0.714. The van der Waals surface area contributed by atoms with E-state index in [9.17, 15) is 8.78 Å². The summed E-state index contributed by atoms with van der Waals surface area (Å²) in [6.45, 7) is 4.82. The standard InChI is InChI=1S/C21H30F2O4/c1-2-3-4-5-15-11-24-20(25-12-15)9-6-16-13-26-21(27-14-16)17-7-8-18(22)19(23)10-17/h7-8,10,15-16,20-21H,2-6,9,11-14H2,1H3. The van der Waals surface area contributed by atoms with E-state index in [1.54, 1.807) is 0 Å². The predicted molar refractivity (Wildman–Crippen MR) is 97.1 cm³/mol. The van der Waals surface area contributed by atoms with Gasteiger partial charge in [0.05, 0.1) is 26.4 Å². The second kappa shape index (κ2) is 10.5. The van der Waals surface area contributed by atoms with Crippen LogP contribution in [0.4, 0.5) is 8.78 Å². The number of ether oxygens (including phenoxy) is 4. The first-order chi connectivity index (χ1) is 13.2. The monoisotopic (exact) mass is 384 g/mol. The molecule has 0 spiro atoms. The third-order valence-corrected chi connectivity index (χ3v) is 5.24. The van der Waals surface area contributed by atoms with Gasteiger partial charge in [0, 0.05) is 17.4 Å². The van der Waals surface area contributed by atoms with Gasteiger partial charge in [-0.25, -0.2) is 8.78 Å². The van der Waals surface area contributed by atoms with Crippen LogP contribution in [0.25, 0.3) is 0 Å². The molecule has 2 fully saturated rings. The average molecular weight is 384 g/mol. The summed E-state index contributed by atoms with van der Waals surface area (Å²) in [5.74, 6) is -0.985. The van der Waals surface area contributed by atoms with E-state index in [1.807, 2.05) is 0 Å². The van der Waals surface area contributed by atoms with Crippen LogP contribution in [-0.2, 0) is 18.9 Å². The molecule has 0 bridgehead atoms. The molecular formula is C21H30F2O4. The quantitative estimate of drug-likeness (QED) is 0.593. The maximum Gasteiger partial charge on any atom is 0.183 e. The molecule has 0 aliphatic carbocycles. The number of unbranched alkanes of at least 4 members (excludes halogenated alkanes) is 2. The van der Waals surface area contributed by atoms with Crippen molar-refractivity contribution in [2.24, 2.45) is 11.8 Å². The average Bonchev–Trinajstić information content (AvgIpc) is 2.70. The van der Waals surface area contributed by atoms with Gasteiger partial charge in [-0.1, -0.05) is 32.3 Å². The summed E-state index contributed by atoms with van der Waals surface area (Å²) >= 11 is 0. The Morgan fingerprint density at radius 3 is 2.15 bits per heavy atom. The summed E-state index contributed by atoms with van der Waals surface area (Å²) in [6, 6.07) is 3.71. The Bertz CT molecular complexity index is 567. The molecule has 2 aliphatic rings. The van der Waals surface area contributed by atoms with Gasteiger partial charge in [-0.3, -0.25) is 0 Å². The Morgan fingerprint density at radius 1 is 0.815 bits per heavy atom. The van der Waals surface area contributed by atoms with Crippen LogP contribution < -0.4 is 0 Å². The first-order valence-electron chi connectivity index (χ1n) is 10.1. The molecule has 6 heteroatoms. The molecule has 1 aromatic rings. The molecule has 0 unspecified atom stereocenters. The Hall–Kier alpha value is -1.08. The number of halogens is 2. The van der Waals surface area contributed by atoms with Crippen molar-refractivity contribution in [3.05, 3.63) is 35.4 Å². The molecular weight excluding hydrogens is 354 g/mol. The van der Waals surface area contributed by atoms with Gasteiger partial charge in [-0.15, -0.1) is 0 Å². The summed E-state index contributed by atoms with van der Waals surface area (Å²) in [7, 11) is 0. The predicted octanol–water partition coefficient (Wildman–Crippen LogP) is 4.98. The van der Waals surface area contributed by atoms with E-state index in [0.29, 0.717) is 24.7 Å². The lowest BCUT2D eigenvalue weighted by Crippen LogP contribution is -2.33. The van der Waals surface area contributed by atoms with Crippen molar-refractivity contribution >= 4 is 0 Å². The van der Waals surface area contributed by atoms with Crippen molar-refractivity contribution in [2.45, 2.75) is 58.0 Å². The van der Waals surface area contributed by atoms with Gasteiger partial charge in [-0.05, 0) is 31.4 Å². The lowest BCUT2D eigenvalue weighted by Gasteiger charge is -2.32. The highest BCUT2D eigenvalue weighted by Gasteiger charge is 2.27. The van der Waals surface area contributed by atoms with Crippen molar-refractivity contribution in [1.82, 2.24) is 0 Å². The number of benzene rings is 1. The van der Waals surface area contributed by atoms with Crippen molar-refractivity contribution in [3.63, 3.8) is 0 Å². The molecule has 0 atom stereocenters. The van der Waals surface area contributed by atoms with Crippen LogP contribution in [-0.4, -0.2) is 32.7 Å². The van der Waals surface area contributed by atoms with Crippen LogP contribution in [0.5, 0.6) is 0 Å². The lowest BCUT2D eigenvalue weighted by molar-refractivity contribution is -0.220. The molecule has 2 saturated heterocycles. The highest BCUT2D eigenvalue weighted by molar-refractivity contribution is 5.19. The van der Waals surface area contributed by atoms with Crippen LogP contribution in [0.3, 0.4) is 0 Å². The van der Waals surface area contributed by atoms with Gasteiger partial charge in [0.25, 0.3) is 0 Å². The third kappa shape index (κ3) is 6.21. The van der Waals surface area contributed by atoms with Crippen molar-refractivity contribution in [1.29, 1.82) is 0 Å². The molecule has 0 radical (unpaired) electrons.